The number of nitrogens with two attached hydrogens (primary N) is 1. The van der Waals surface area contributed by atoms with Gasteiger partial charge in [0.1, 0.15) is 0 Å². The van der Waals surface area contributed by atoms with E-state index in [1.807, 2.05) is 31.2 Å². The van der Waals surface area contributed by atoms with E-state index in [2.05, 4.69) is 35.0 Å². The second kappa shape index (κ2) is 8.27. The Morgan fingerprint density at radius 3 is 2.85 bits per heavy atom. The van der Waals surface area contributed by atoms with Crippen LogP contribution in [0.1, 0.15) is 38.7 Å². The highest BCUT2D eigenvalue weighted by molar-refractivity contribution is 7.80. The lowest BCUT2D eigenvalue weighted by Crippen LogP contribution is -2.25. The fraction of sp³-hybridized carbons (Fsp3) is 0.357. The second-order valence-corrected chi connectivity index (χ2v) is 4.85. The predicted octanol–water partition coefficient (Wildman–Crippen LogP) is 2.37. The molecule has 1 aromatic rings. The van der Waals surface area contributed by atoms with Gasteiger partial charge in [-0.25, -0.2) is 0 Å². The molecule has 0 fully saturated rings. The lowest BCUT2D eigenvalue weighted by Gasteiger charge is -2.07. The summed E-state index contributed by atoms with van der Waals surface area (Å²) >= 11 is 4.69. The quantitative estimate of drug-likeness (QED) is 0.427. The van der Waals surface area contributed by atoms with E-state index in [1.165, 1.54) is 0 Å². The van der Waals surface area contributed by atoms with Gasteiger partial charge in [-0.2, -0.15) is 5.10 Å². The first-order valence-electron chi connectivity index (χ1n) is 6.53. The first-order chi connectivity index (χ1) is 9.52. The number of rotatable bonds is 6. The van der Waals surface area contributed by atoms with E-state index in [1.54, 1.807) is 0 Å². The molecule has 108 valence electrons. The van der Waals surface area contributed by atoms with E-state index in [4.69, 9.17) is 5.73 Å². The molecule has 0 atom stereocenters. The summed E-state index contributed by atoms with van der Waals surface area (Å²) in [5.41, 5.74) is 10.2. The number of unbranched alkanes of at least 4 members (excludes halogenated alkanes) is 1. The van der Waals surface area contributed by atoms with Crippen LogP contribution in [0.3, 0.4) is 0 Å². The minimum Gasteiger partial charge on any atom is -0.375 e. The average molecular weight is 292 g/mol. The summed E-state index contributed by atoms with van der Waals surface area (Å²) in [4.78, 5) is 11.7. The van der Waals surface area contributed by atoms with Gasteiger partial charge in [-0.1, -0.05) is 25.5 Å². The van der Waals surface area contributed by atoms with Crippen LogP contribution in [0, 0.1) is 0 Å². The van der Waals surface area contributed by atoms with Crippen molar-refractivity contribution in [2.45, 2.75) is 33.1 Å². The topological polar surface area (TPSA) is 79.5 Å². The smallest absolute Gasteiger partial charge is 0.224 e. The molecule has 4 N–H and O–H groups in total. The Kier molecular flexibility index (Phi) is 6.66. The highest BCUT2D eigenvalue weighted by Crippen LogP contribution is 2.12. The van der Waals surface area contributed by atoms with Crippen LogP contribution < -0.4 is 16.5 Å². The standard InChI is InChI=1S/C14H20N4OS/c1-3-4-8-13(19)16-12-7-5-6-11(9-12)10(2)17-18-14(15)20/h5-7,9H,3-4,8H2,1-2H3,(H,16,19)(H3,15,18,20)/b17-10+. The number of amides is 1. The number of benzene rings is 1. The van der Waals surface area contributed by atoms with E-state index in [9.17, 15) is 4.79 Å². The van der Waals surface area contributed by atoms with Gasteiger partial charge in [0.2, 0.25) is 5.91 Å². The third-order valence-electron chi connectivity index (χ3n) is 2.66. The zero-order valence-electron chi connectivity index (χ0n) is 11.8. The van der Waals surface area contributed by atoms with Crippen molar-refractivity contribution in [2.24, 2.45) is 10.8 Å². The molecule has 0 aliphatic heterocycles. The molecule has 0 saturated heterocycles. The van der Waals surface area contributed by atoms with Crippen LogP contribution >= 0.6 is 12.2 Å². The van der Waals surface area contributed by atoms with Crippen LogP contribution in [0.4, 0.5) is 5.69 Å². The molecule has 1 aromatic carbocycles. The van der Waals surface area contributed by atoms with Gasteiger partial charge in [0.05, 0.1) is 5.71 Å². The van der Waals surface area contributed by atoms with Gasteiger partial charge in [0.25, 0.3) is 0 Å². The SMILES string of the molecule is CCCCC(=O)Nc1cccc(/C(C)=N/NC(N)=S)c1. The lowest BCUT2D eigenvalue weighted by atomic mass is 10.1. The van der Waals surface area contributed by atoms with Crippen molar-refractivity contribution in [3.05, 3.63) is 29.8 Å². The minimum atomic E-state index is 0.0276. The van der Waals surface area contributed by atoms with Crippen molar-refractivity contribution >= 4 is 34.6 Å². The zero-order chi connectivity index (χ0) is 15.0. The van der Waals surface area contributed by atoms with Crippen molar-refractivity contribution in [3.63, 3.8) is 0 Å². The van der Waals surface area contributed by atoms with E-state index >= 15 is 0 Å². The normalized spacial score (nSPS) is 11.0. The Bertz CT molecular complexity index is 514. The fourth-order valence-corrected chi connectivity index (χ4v) is 1.63. The number of nitrogens with zero attached hydrogens (tertiary/aromatic N) is 1. The molecule has 0 spiro atoms. The highest BCUT2D eigenvalue weighted by Gasteiger charge is 2.04. The summed E-state index contributed by atoms with van der Waals surface area (Å²) in [6.45, 7) is 3.89. The maximum absolute atomic E-state index is 11.7. The summed E-state index contributed by atoms with van der Waals surface area (Å²) in [5.74, 6) is 0.0276. The van der Waals surface area contributed by atoms with Gasteiger partial charge in [0, 0.05) is 12.1 Å². The molecule has 0 saturated carbocycles. The van der Waals surface area contributed by atoms with Gasteiger partial charge in [-0.15, -0.1) is 0 Å². The van der Waals surface area contributed by atoms with E-state index < -0.39 is 0 Å². The number of hydrazone groups is 1. The largest absolute Gasteiger partial charge is 0.375 e. The molecular weight excluding hydrogens is 272 g/mol. The van der Waals surface area contributed by atoms with E-state index in [0.717, 1.165) is 29.8 Å². The van der Waals surface area contributed by atoms with Crippen molar-refractivity contribution < 1.29 is 4.79 Å². The second-order valence-electron chi connectivity index (χ2n) is 4.41. The Hall–Kier alpha value is -1.95. The maximum Gasteiger partial charge on any atom is 0.224 e. The number of nitrogens with one attached hydrogen (secondary N) is 2. The minimum absolute atomic E-state index is 0.0276. The van der Waals surface area contributed by atoms with Crippen LogP contribution in [-0.4, -0.2) is 16.7 Å². The van der Waals surface area contributed by atoms with Gasteiger partial charge >= 0.3 is 0 Å². The van der Waals surface area contributed by atoms with Crippen LogP contribution in [0.25, 0.3) is 0 Å². The molecule has 0 aromatic heterocycles. The molecule has 0 radical (unpaired) electrons. The van der Waals surface area contributed by atoms with E-state index in [-0.39, 0.29) is 11.0 Å². The van der Waals surface area contributed by atoms with Crippen LogP contribution in [0.2, 0.25) is 0 Å². The molecule has 6 heteroatoms. The Morgan fingerprint density at radius 1 is 1.45 bits per heavy atom. The molecule has 0 unspecified atom stereocenters. The van der Waals surface area contributed by atoms with Crippen molar-refractivity contribution in [3.8, 4) is 0 Å². The number of thiocarbonyl (C=S) groups is 1. The average Bonchev–Trinajstić information content (AvgIpc) is 2.42. The summed E-state index contributed by atoms with van der Waals surface area (Å²) in [5, 5.41) is 7.04. The molecule has 5 nitrogen and oxygen atoms in total. The molecule has 1 rings (SSSR count). The monoisotopic (exact) mass is 292 g/mol. The molecule has 0 bridgehead atoms. The van der Waals surface area contributed by atoms with Gasteiger partial charge in [0.15, 0.2) is 5.11 Å². The molecule has 20 heavy (non-hydrogen) atoms. The number of anilines is 1. The number of carbonyl (C=O) groups is 1. The Balaban J connectivity index is 2.72. The van der Waals surface area contributed by atoms with Gasteiger partial charge in [-0.05, 0) is 43.3 Å². The van der Waals surface area contributed by atoms with Crippen LogP contribution in [0.5, 0.6) is 0 Å². The van der Waals surface area contributed by atoms with Crippen molar-refractivity contribution in [1.82, 2.24) is 5.43 Å². The number of hydrogen-bond acceptors (Lipinski definition) is 3. The predicted molar refractivity (Wildman–Crippen MR) is 86.7 cm³/mol. The van der Waals surface area contributed by atoms with Crippen LogP contribution in [0.15, 0.2) is 29.4 Å². The molecular formula is C14H20N4OS. The number of carbonyl (C=O) groups excluding carboxylic acids is 1. The Labute approximate surface area is 124 Å². The molecule has 0 heterocycles. The molecule has 0 aliphatic carbocycles. The van der Waals surface area contributed by atoms with Crippen LogP contribution in [-0.2, 0) is 4.79 Å². The highest BCUT2D eigenvalue weighted by atomic mass is 32.1. The summed E-state index contributed by atoms with van der Waals surface area (Å²) in [7, 11) is 0. The first-order valence-corrected chi connectivity index (χ1v) is 6.93. The van der Waals surface area contributed by atoms with Gasteiger partial charge in [-0.3, -0.25) is 10.2 Å². The maximum atomic E-state index is 11.7. The first kappa shape index (κ1) is 16.1. The third-order valence-corrected chi connectivity index (χ3v) is 2.75. The molecule has 0 aliphatic rings. The van der Waals surface area contributed by atoms with E-state index in [0.29, 0.717) is 6.42 Å². The Morgan fingerprint density at radius 2 is 2.20 bits per heavy atom. The zero-order valence-corrected chi connectivity index (χ0v) is 12.6. The van der Waals surface area contributed by atoms with Crippen molar-refractivity contribution in [2.75, 3.05) is 5.32 Å². The molecule has 1 amide bonds. The lowest BCUT2D eigenvalue weighted by molar-refractivity contribution is -0.116. The van der Waals surface area contributed by atoms with Crippen molar-refractivity contribution in [1.29, 1.82) is 0 Å². The third kappa shape index (κ3) is 5.79. The fourth-order valence-electron chi connectivity index (χ4n) is 1.59. The van der Waals surface area contributed by atoms with Gasteiger partial charge < -0.3 is 11.1 Å². The summed E-state index contributed by atoms with van der Waals surface area (Å²) in [6.07, 6.45) is 2.44. The number of hydrogen-bond donors (Lipinski definition) is 3. The summed E-state index contributed by atoms with van der Waals surface area (Å²) in [6, 6.07) is 7.48. The summed E-state index contributed by atoms with van der Waals surface area (Å²) < 4.78 is 0.